The normalized spacial score (nSPS) is 12.1. The number of hydrogen-bond acceptors (Lipinski definition) is 3. The fraction of sp³-hybridized carbons (Fsp3) is 0.200. The molecule has 2 aromatic rings. The maximum absolute atomic E-state index is 12.2. The number of nitrogens with zero attached hydrogens (tertiary/aromatic N) is 1. The zero-order valence-corrected chi connectivity index (χ0v) is 14.8. The van der Waals surface area contributed by atoms with E-state index >= 15 is 0 Å². The highest BCUT2D eigenvalue weighted by molar-refractivity contribution is 6.30. The summed E-state index contributed by atoms with van der Waals surface area (Å²) in [5, 5.41) is 15.7. The van der Waals surface area contributed by atoms with Crippen LogP contribution in [-0.2, 0) is 11.2 Å². The smallest absolute Gasteiger partial charge is 0.263 e. The van der Waals surface area contributed by atoms with Gasteiger partial charge in [-0.15, -0.1) is 0 Å². The van der Waals surface area contributed by atoms with Crippen molar-refractivity contribution in [2.45, 2.75) is 19.4 Å². The van der Waals surface area contributed by atoms with Crippen molar-refractivity contribution in [3.8, 4) is 6.07 Å². The summed E-state index contributed by atoms with van der Waals surface area (Å²) < 4.78 is 0. The minimum absolute atomic E-state index is 0.0499. The summed E-state index contributed by atoms with van der Waals surface area (Å²) in [5.74, 6) is -0.394. The first kappa shape index (κ1) is 18.6. The summed E-state index contributed by atoms with van der Waals surface area (Å²) in [6, 6.07) is 19.0. The minimum atomic E-state index is -0.394. The van der Waals surface area contributed by atoms with Gasteiger partial charge in [0.2, 0.25) is 0 Å². The fourth-order valence-corrected chi connectivity index (χ4v) is 2.54. The van der Waals surface area contributed by atoms with Crippen molar-refractivity contribution in [3.63, 3.8) is 0 Å². The second-order valence-corrected chi connectivity index (χ2v) is 6.05. The molecule has 0 radical (unpaired) electrons. The predicted molar refractivity (Wildman–Crippen MR) is 99.9 cm³/mol. The molecule has 0 saturated heterocycles. The summed E-state index contributed by atoms with van der Waals surface area (Å²) in [7, 11) is 0. The van der Waals surface area contributed by atoms with Gasteiger partial charge in [0.15, 0.2) is 0 Å². The second kappa shape index (κ2) is 9.51. The lowest BCUT2D eigenvalue weighted by molar-refractivity contribution is -0.117. The largest absolute Gasteiger partial charge is 0.389 e. The Labute approximate surface area is 153 Å². The summed E-state index contributed by atoms with van der Waals surface area (Å²) in [5.41, 5.74) is 2.13. The number of amides is 1. The van der Waals surface area contributed by atoms with Gasteiger partial charge in [0.25, 0.3) is 5.91 Å². The van der Waals surface area contributed by atoms with Gasteiger partial charge in [-0.3, -0.25) is 4.79 Å². The molecule has 1 atom stereocenters. The second-order valence-electron chi connectivity index (χ2n) is 5.61. The lowest BCUT2D eigenvalue weighted by atomic mass is 10.1. The van der Waals surface area contributed by atoms with E-state index in [-0.39, 0.29) is 11.6 Å². The average molecular weight is 354 g/mol. The van der Waals surface area contributed by atoms with Crippen LogP contribution in [0.2, 0.25) is 5.02 Å². The molecule has 0 bridgehead atoms. The van der Waals surface area contributed by atoms with Gasteiger partial charge in [0.1, 0.15) is 11.6 Å². The number of hydrogen-bond donors (Lipinski definition) is 2. The predicted octanol–water partition coefficient (Wildman–Crippen LogP) is 3.76. The maximum atomic E-state index is 12.2. The monoisotopic (exact) mass is 353 g/mol. The SMILES string of the molecule is CC(NC(=O)/C(C#N)=C\NCCc1cccc(Cl)c1)c1ccccc1. The van der Waals surface area contributed by atoms with Crippen molar-refractivity contribution in [1.82, 2.24) is 10.6 Å². The molecular weight excluding hydrogens is 334 g/mol. The molecule has 128 valence electrons. The molecule has 0 heterocycles. The number of rotatable bonds is 7. The van der Waals surface area contributed by atoms with Gasteiger partial charge in [-0.25, -0.2) is 0 Å². The molecule has 1 unspecified atom stereocenters. The quantitative estimate of drug-likeness (QED) is 0.452. The van der Waals surface area contributed by atoms with Gasteiger partial charge in [0.05, 0.1) is 6.04 Å². The molecule has 25 heavy (non-hydrogen) atoms. The first-order chi connectivity index (χ1) is 12.1. The first-order valence-corrected chi connectivity index (χ1v) is 8.42. The van der Waals surface area contributed by atoms with Crippen LogP contribution in [0.15, 0.2) is 66.4 Å². The number of benzene rings is 2. The van der Waals surface area contributed by atoms with E-state index in [1.54, 1.807) is 0 Å². The van der Waals surface area contributed by atoms with Crippen LogP contribution in [0.5, 0.6) is 0 Å². The third-order valence-corrected chi connectivity index (χ3v) is 3.94. The third-order valence-electron chi connectivity index (χ3n) is 3.71. The van der Waals surface area contributed by atoms with Crippen molar-refractivity contribution in [2.75, 3.05) is 6.54 Å². The highest BCUT2D eigenvalue weighted by Gasteiger charge is 2.13. The lowest BCUT2D eigenvalue weighted by Crippen LogP contribution is -2.28. The molecule has 0 fully saturated rings. The Hall–Kier alpha value is -2.77. The Kier molecular flexibility index (Phi) is 7.06. The molecule has 2 aromatic carbocycles. The first-order valence-electron chi connectivity index (χ1n) is 8.04. The van der Waals surface area contributed by atoms with Crippen LogP contribution in [0.4, 0.5) is 0 Å². The van der Waals surface area contributed by atoms with Crippen LogP contribution in [0, 0.1) is 11.3 Å². The van der Waals surface area contributed by atoms with Crippen LogP contribution >= 0.6 is 11.6 Å². The van der Waals surface area contributed by atoms with Crippen molar-refractivity contribution in [2.24, 2.45) is 0 Å². The topological polar surface area (TPSA) is 64.9 Å². The van der Waals surface area contributed by atoms with Crippen molar-refractivity contribution in [1.29, 1.82) is 5.26 Å². The Morgan fingerprint density at radius 3 is 2.68 bits per heavy atom. The van der Waals surface area contributed by atoms with E-state index in [0.717, 1.165) is 17.5 Å². The lowest BCUT2D eigenvalue weighted by Gasteiger charge is -2.13. The molecule has 0 spiro atoms. The van der Waals surface area contributed by atoms with Crippen LogP contribution < -0.4 is 10.6 Å². The number of halogens is 1. The molecule has 0 aromatic heterocycles. The molecule has 2 N–H and O–H groups in total. The molecule has 5 heteroatoms. The maximum Gasteiger partial charge on any atom is 0.263 e. The van der Waals surface area contributed by atoms with E-state index in [2.05, 4.69) is 10.6 Å². The van der Waals surface area contributed by atoms with Crippen LogP contribution in [-0.4, -0.2) is 12.5 Å². The zero-order chi connectivity index (χ0) is 18.1. The summed E-state index contributed by atoms with van der Waals surface area (Å²) in [6.07, 6.45) is 2.20. The van der Waals surface area contributed by atoms with E-state index in [1.165, 1.54) is 6.20 Å². The summed E-state index contributed by atoms with van der Waals surface area (Å²) in [6.45, 7) is 2.49. The average Bonchev–Trinajstić information content (AvgIpc) is 2.62. The molecule has 0 aliphatic heterocycles. The standard InChI is InChI=1S/C20H20ClN3O/c1-15(17-7-3-2-4-8-17)24-20(25)18(13-22)14-23-11-10-16-6-5-9-19(21)12-16/h2-9,12,14-15,23H,10-11H2,1H3,(H,24,25)/b18-14-. The van der Waals surface area contributed by atoms with Gasteiger partial charge in [-0.05, 0) is 36.6 Å². The van der Waals surface area contributed by atoms with E-state index < -0.39 is 5.91 Å². The molecular formula is C20H20ClN3O. The van der Waals surface area contributed by atoms with Gasteiger partial charge >= 0.3 is 0 Å². The molecule has 1 amide bonds. The number of carbonyl (C=O) groups excluding carboxylic acids is 1. The fourth-order valence-electron chi connectivity index (χ4n) is 2.33. The van der Waals surface area contributed by atoms with Crippen LogP contribution in [0.1, 0.15) is 24.1 Å². The van der Waals surface area contributed by atoms with Gasteiger partial charge in [-0.2, -0.15) is 5.26 Å². The van der Waals surface area contributed by atoms with Gasteiger partial charge in [-0.1, -0.05) is 54.1 Å². The highest BCUT2D eigenvalue weighted by Crippen LogP contribution is 2.12. The molecule has 0 aliphatic carbocycles. The highest BCUT2D eigenvalue weighted by atomic mass is 35.5. The van der Waals surface area contributed by atoms with Gasteiger partial charge in [0, 0.05) is 17.8 Å². The molecule has 4 nitrogen and oxygen atoms in total. The van der Waals surface area contributed by atoms with E-state index in [4.69, 9.17) is 11.6 Å². The Morgan fingerprint density at radius 1 is 1.24 bits per heavy atom. The Balaban J connectivity index is 1.86. The van der Waals surface area contributed by atoms with Crippen LogP contribution in [0.3, 0.4) is 0 Å². The summed E-state index contributed by atoms with van der Waals surface area (Å²) in [4.78, 5) is 12.2. The van der Waals surface area contributed by atoms with E-state index in [0.29, 0.717) is 11.6 Å². The van der Waals surface area contributed by atoms with Gasteiger partial charge < -0.3 is 10.6 Å². The summed E-state index contributed by atoms with van der Waals surface area (Å²) >= 11 is 5.94. The van der Waals surface area contributed by atoms with Crippen molar-refractivity contribution in [3.05, 3.63) is 82.5 Å². The number of nitrogens with one attached hydrogen (secondary N) is 2. The third kappa shape index (κ3) is 5.98. The number of nitriles is 1. The van der Waals surface area contributed by atoms with E-state index in [9.17, 15) is 10.1 Å². The number of carbonyl (C=O) groups is 1. The Morgan fingerprint density at radius 2 is 2.00 bits per heavy atom. The molecule has 2 rings (SSSR count). The van der Waals surface area contributed by atoms with Crippen molar-refractivity contribution >= 4 is 17.5 Å². The molecule has 0 aliphatic rings. The van der Waals surface area contributed by atoms with Crippen molar-refractivity contribution < 1.29 is 4.79 Å². The van der Waals surface area contributed by atoms with Crippen LogP contribution in [0.25, 0.3) is 0 Å². The Bertz CT molecular complexity index is 781. The van der Waals surface area contributed by atoms with E-state index in [1.807, 2.05) is 67.6 Å². The minimum Gasteiger partial charge on any atom is -0.389 e. The zero-order valence-electron chi connectivity index (χ0n) is 14.0. The molecule has 0 saturated carbocycles.